The molecular formula is C24H39N3O5Si. The molecule has 1 saturated heterocycles. The molecule has 0 aliphatic carbocycles. The quantitative estimate of drug-likeness (QED) is 0.504. The number of aliphatic hydroxyl groups is 1. The van der Waals surface area contributed by atoms with Crippen LogP contribution in [0.25, 0.3) is 11.0 Å². The maximum atomic E-state index is 12.8. The molecule has 33 heavy (non-hydrogen) atoms. The van der Waals surface area contributed by atoms with Gasteiger partial charge >= 0.3 is 11.8 Å². The minimum atomic E-state index is -1.19. The van der Waals surface area contributed by atoms with Gasteiger partial charge in [-0.3, -0.25) is 9.13 Å². The third-order valence-electron chi connectivity index (χ3n) is 6.14. The molecule has 1 aromatic carbocycles. The molecule has 1 aliphatic heterocycles. The van der Waals surface area contributed by atoms with Gasteiger partial charge in [-0.2, -0.15) is 0 Å². The number of imidazole rings is 1. The fourth-order valence-corrected chi connectivity index (χ4v) is 4.79. The lowest BCUT2D eigenvalue weighted by atomic mass is 9.84. The molecule has 0 saturated carbocycles. The van der Waals surface area contributed by atoms with Crippen molar-refractivity contribution in [1.29, 1.82) is 0 Å². The van der Waals surface area contributed by atoms with Crippen LogP contribution in [0.15, 0.2) is 23.0 Å². The zero-order chi connectivity index (χ0) is 24.6. The molecule has 9 heteroatoms. The summed E-state index contributed by atoms with van der Waals surface area (Å²) in [5.74, 6) is 0. The van der Waals surface area contributed by atoms with Crippen LogP contribution in [0.1, 0.15) is 39.2 Å². The molecule has 1 aliphatic rings. The molecule has 8 nitrogen and oxygen atoms in total. The Balaban J connectivity index is 1.74. The number of carbonyl (C=O) groups excluding carboxylic acids is 1. The summed E-state index contributed by atoms with van der Waals surface area (Å²) < 4.78 is 14.5. The Morgan fingerprint density at radius 3 is 2.36 bits per heavy atom. The summed E-state index contributed by atoms with van der Waals surface area (Å²) in [5, 5.41) is 11.4. The zero-order valence-corrected chi connectivity index (χ0v) is 22.1. The van der Waals surface area contributed by atoms with Crippen molar-refractivity contribution >= 4 is 25.2 Å². The van der Waals surface area contributed by atoms with E-state index in [-0.39, 0.29) is 18.5 Å². The average molecular weight is 478 g/mol. The van der Waals surface area contributed by atoms with Crippen LogP contribution in [0.5, 0.6) is 0 Å². The second kappa shape index (κ2) is 9.27. The third kappa shape index (κ3) is 6.07. The Kier molecular flexibility index (Phi) is 7.17. The van der Waals surface area contributed by atoms with E-state index in [4.69, 9.17) is 9.47 Å². The highest BCUT2D eigenvalue weighted by Gasteiger charge is 2.37. The predicted molar refractivity (Wildman–Crippen MR) is 132 cm³/mol. The second-order valence-corrected chi connectivity index (χ2v) is 16.9. The van der Waals surface area contributed by atoms with E-state index in [9.17, 15) is 14.7 Å². The van der Waals surface area contributed by atoms with E-state index in [1.807, 2.05) is 39.0 Å². The van der Waals surface area contributed by atoms with Gasteiger partial charge in [-0.05, 0) is 57.4 Å². The first-order valence-corrected chi connectivity index (χ1v) is 15.4. The van der Waals surface area contributed by atoms with Crippen molar-refractivity contribution in [1.82, 2.24) is 14.0 Å². The SMILES string of the molecule is Cn1c(=O)n(COCC[Si](C)(C)C)c2ccc(C3(O)CCN(C(=O)OC(C)(C)C)CC3)cc21. The molecule has 0 unspecified atom stereocenters. The summed E-state index contributed by atoms with van der Waals surface area (Å²) >= 11 is 0. The van der Waals surface area contributed by atoms with Gasteiger partial charge in [-0.15, -0.1) is 0 Å². The first kappa shape index (κ1) is 25.5. The van der Waals surface area contributed by atoms with Crippen molar-refractivity contribution in [3.8, 4) is 0 Å². The van der Waals surface area contributed by atoms with Crippen LogP contribution in [0.2, 0.25) is 25.7 Å². The molecule has 2 aromatic rings. The fraction of sp³-hybridized carbons (Fsp3) is 0.667. The van der Waals surface area contributed by atoms with Gasteiger partial charge in [0.25, 0.3) is 0 Å². The van der Waals surface area contributed by atoms with Crippen molar-refractivity contribution in [2.24, 2.45) is 7.05 Å². The topological polar surface area (TPSA) is 85.9 Å². The van der Waals surface area contributed by atoms with E-state index in [0.29, 0.717) is 32.5 Å². The first-order chi connectivity index (χ1) is 15.2. The Bertz CT molecular complexity index is 1050. The Hall–Kier alpha value is -2.10. The van der Waals surface area contributed by atoms with E-state index >= 15 is 0 Å². The average Bonchev–Trinajstić information content (AvgIpc) is 2.94. The number of aromatic nitrogens is 2. The Morgan fingerprint density at radius 2 is 1.79 bits per heavy atom. The number of nitrogens with zero attached hydrogens (tertiary/aromatic N) is 3. The first-order valence-electron chi connectivity index (χ1n) is 11.7. The molecule has 1 aromatic heterocycles. The number of hydrogen-bond acceptors (Lipinski definition) is 5. The van der Waals surface area contributed by atoms with Gasteiger partial charge in [0.05, 0.1) is 16.6 Å². The van der Waals surface area contributed by atoms with Gasteiger partial charge in [-0.25, -0.2) is 9.59 Å². The van der Waals surface area contributed by atoms with Crippen LogP contribution in [0.3, 0.4) is 0 Å². The number of hydrogen-bond donors (Lipinski definition) is 1. The van der Waals surface area contributed by atoms with Gasteiger partial charge in [0.15, 0.2) is 0 Å². The lowest BCUT2D eigenvalue weighted by molar-refractivity contribution is -0.0355. The number of rotatable bonds is 6. The van der Waals surface area contributed by atoms with Crippen LogP contribution in [0.4, 0.5) is 4.79 Å². The molecule has 3 rings (SSSR count). The van der Waals surface area contributed by atoms with E-state index in [1.54, 1.807) is 21.1 Å². The maximum absolute atomic E-state index is 12.8. The minimum absolute atomic E-state index is 0.137. The van der Waals surface area contributed by atoms with E-state index in [2.05, 4.69) is 19.6 Å². The maximum Gasteiger partial charge on any atom is 0.410 e. The number of fused-ring (bicyclic) bond motifs is 1. The Labute approximate surface area is 197 Å². The molecule has 1 amide bonds. The number of piperidine rings is 1. The van der Waals surface area contributed by atoms with Gasteiger partial charge in [0, 0.05) is 34.8 Å². The number of carbonyl (C=O) groups is 1. The fourth-order valence-electron chi connectivity index (χ4n) is 4.03. The number of likely N-dealkylation sites (tertiary alicyclic amines) is 1. The van der Waals surface area contributed by atoms with Crippen molar-refractivity contribution in [3.05, 3.63) is 34.2 Å². The largest absolute Gasteiger partial charge is 0.444 e. The molecule has 1 fully saturated rings. The van der Waals surface area contributed by atoms with Crippen molar-refractivity contribution in [2.45, 2.75) is 77.2 Å². The molecule has 0 radical (unpaired) electrons. The highest BCUT2D eigenvalue weighted by molar-refractivity contribution is 6.76. The number of amides is 1. The lowest BCUT2D eigenvalue weighted by Gasteiger charge is -2.39. The molecule has 1 N–H and O–H groups in total. The van der Waals surface area contributed by atoms with E-state index in [1.165, 1.54) is 0 Å². The van der Waals surface area contributed by atoms with Gasteiger partial charge < -0.3 is 19.5 Å². The van der Waals surface area contributed by atoms with Gasteiger partial charge in [0.2, 0.25) is 0 Å². The summed E-state index contributed by atoms with van der Waals surface area (Å²) in [6, 6.07) is 6.69. The highest BCUT2D eigenvalue weighted by Crippen LogP contribution is 2.34. The Morgan fingerprint density at radius 1 is 1.15 bits per heavy atom. The van der Waals surface area contributed by atoms with E-state index in [0.717, 1.165) is 22.6 Å². The smallest absolute Gasteiger partial charge is 0.410 e. The lowest BCUT2D eigenvalue weighted by Crippen LogP contribution is -2.46. The van der Waals surface area contributed by atoms with Crippen molar-refractivity contribution in [3.63, 3.8) is 0 Å². The standard InChI is InChI=1S/C24H39N3O5Si/c1-23(2,3)32-22(29)26-12-10-24(30,11-13-26)18-8-9-19-20(16-18)25(4)21(28)27(19)17-31-14-15-33(5,6)7/h8-9,16,30H,10-15,17H2,1-7H3. The molecule has 0 atom stereocenters. The number of ether oxygens (including phenoxy) is 2. The number of aryl methyl sites for hydroxylation is 1. The monoisotopic (exact) mass is 477 g/mol. The van der Waals surface area contributed by atoms with Crippen LogP contribution < -0.4 is 5.69 Å². The van der Waals surface area contributed by atoms with Crippen LogP contribution in [0, 0.1) is 0 Å². The van der Waals surface area contributed by atoms with Crippen LogP contribution in [-0.4, -0.2) is 58.6 Å². The molecule has 184 valence electrons. The van der Waals surface area contributed by atoms with Crippen LogP contribution >= 0.6 is 0 Å². The summed E-state index contributed by atoms with van der Waals surface area (Å²) in [6.07, 6.45) is 0.465. The minimum Gasteiger partial charge on any atom is -0.444 e. The van der Waals surface area contributed by atoms with Gasteiger partial charge in [0.1, 0.15) is 12.3 Å². The predicted octanol–water partition coefficient (Wildman–Crippen LogP) is 3.87. The van der Waals surface area contributed by atoms with Crippen molar-refractivity contribution in [2.75, 3.05) is 19.7 Å². The van der Waals surface area contributed by atoms with Crippen molar-refractivity contribution < 1.29 is 19.4 Å². The summed E-state index contributed by atoms with van der Waals surface area (Å²) in [4.78, 5) is 26.8. The number of benzene rings is 1. The van der Waals surface area contributed by atoms with E-state index < -0.39 is 19.3 Å². The molecule has 2 heterocycles. The molecule has 0 spiro atoms. The van der Waals surface area contributed by atoms with Gasteiger partial charge in [-0.1, -0.05) is 25.7 Å². The second-order valence-electron chi connectivity index (χ2n) is 11.3. The summed E-state index contributed by atoms with van der Waals surface area (Å²) in [5.41, 5.74) is 0.557. The summed E-state index contributed by atoms with van der Waals surface area (Å²) in [7, 11) is 0.544. The normalized spacial score (nSPS) is 16.9. The zero-order valence-electron chi connectivity index (χ0n) is 21.1. The highest BCUT2D eigenvalue weighted by atomic mass is 28.3. The molecular weight excluding hydrogens is 438 g/mol. The van der Waals surface area contributed by atoms with Crippen LogP contribution in [-0.2, 0) is 28.9 Å². The summed E-state index contributed by atoms with van der Waals surface area (Å²) in [6.45, 7) is 14.1. The third-order valence-corrected chi connectivity index (χ3v) is 7.85. The molecule has 0 bridgehead atoms.